The Morgan fingerprint density at radius 1 is 1.47 bits per heavy atom. The first-order chi connectivity index (χ1) is 6.65. The number of carboxylic acid groups (broad SMARTS) is 1. The number of hydrogen-bond donors (Lipinski definition) is 2. The lowest BCUT2D eigenvalue weighted by atomic mass is 10.00. The van der Waals surface area contributed by atoms with Gasteiger partial charge in [0, 0.05) is 11.0 Å². The molecule has 5 heteroatoms. The molecule has 84 valence electrons. The summed E-state index contributed by atoms with van der Waals surface area (Å²) in [7, 11) is 0. The van der Waals surface area contributed by atoms with Crippen molar-refractivity contribution >= 4 is 34.3 Å². The molecule has 0 saturated heterocycles. The molecule has 0 saturated carbocycles. The standard InChI is InChI=1S/C10H12BrNO2.ClH/c11-9-4-2-1-3-7(9)5-8(6-12)10(13)14;/h1-4,8H,5-6,12H2,(H,13,14);1H/t8-;/m0./s1. The summed E-state index contributed by atoms with van der Waals surface area (Å²) in [5.74, 6) is -1.35. The van der Waals surface area contributed by atoms with Crippen LogP contribution < -0.4 is 5.73 Å². The molecule has 1 aromatic rings. The van der Waals surface area contributed by atoms with Gasteiger partial charge in [0.25, 0.3) is 0 Å². The van der Waals surface area contributed by atoms with Gasteiger partial charge in [0.05, 0.1) is 5.92 Å². The van der Waals surface area contributed by atoms with Crippen molar-refractivity contribution in [3.05, 3.63) is 34.3 Å². The van der Waals surface area contributed by atoms with Crippen molar-refractivity contribution < 1.29 is 9.90 Å². The van der Waals surface area contributed by atoms with Crippen molar-refractivity contribution in [2.45, 2.75) is 6.42 Å². The van der Waals surface area contributed by atoms with Gasteiger partial charge in [-0.1, -0.05) is 34.1 Å². The molecule has 0 aliphatic rings. The van der Waals surface area contributed by atoms with Gasteiger partial charge < -0.3 is 10.8 Å². The molecular formula is C10H13BrClNO2. The first kappa shape index (κ1) is 14.4. The molecule has 1 aromatic carbocycles. The monoisotopic (exact) mass is 293 g/mol. The van der Waals surface area contributed by atoms with Gasteiger partial charge in [0.2, 0.25) is 0 Å². The summed E-state index contributed by atoms with van der Waals surface area (Å²) in [6.45, 7) is 0.163. The lowest BCUT2D eigenvalue weighted by Gasteiger charge is -2.10. The second-order valence-corrected chi connectivity index (χ2v) is 3.92. The van der Waals surface area contributed by atoms with Crippen LogP contribution >= 0.6 is 28.3 Å². The van der Waals surface area contributed by atoms with E-state index < -0.39 is 11.9 Å². The summed E-state index contributed by atoms with van der Waals surface area (Å²) >= 11 is 3.37. The summed E-state index contributed by atoms with van der Waals surface area (Å²) in [5, 5.41) is 8.83. The molecular weight excluding hydrogens is 281 g/mol. The number of aliphatic carboxylic acids is 1. The minimum atomic E-state index is -0.844. The smallest absolute Gasteiger partial charge is 0.308 e. The molecule has 0 fully saturated rings. The molecule has 15 heavy (non-hydrogen) atoms. The van der Waals surface area contributed by atoms with Gasteiger partial charge in [0.15, 0.2) is 0 Å². The lowest BCUT2D eigenvalue weighted by Crippen LogP contribution is -2.25. The minimum Gasteiger partial charge on any atom is -0.481 e. The van der Waals surface area contributed by atoms with Crippen LogP contribution in [0.4, 0.5) is 0 Å². The highest BCUT2D eigenvalue weighted by Crippen LogP contribution is 2.19. The molecule has 3 N–H and O–H groups in total. The zero-order valence-corrected chi connectivity index (χ0v) is 10.4. The van der Waals surface area contributed by atoms with Gasteiger partial charge >= 0.3 is 5.97 Å². The van der Waals surface area contributed by atoms with Crippen LogP contribution in [0.15, 0.2) is 28.7 Å². The lowest BCUT2D eigenvalue weighted by molar-refractivity contribution is -0.141. The van der Waals surface area contributed by atoms with E-state index in [-0.39, 0.29) is 19.0 Å². The SMILES string of the molecule is Cl.NC[C@H](Cc1ccccc1Br)C(=O)O. The fraction of sp³-hybridized carbons (Fsp3) is 0.300. The van der Waals surface area contributed by atoms with Crippen LogP contribution in [0.2, 0.25) is 0 Å². The highest BCUT2D eigenvalue weighted by Gasteiger charge is 2.16. The maximum atomic E-state index is 10.8. The fourth-order valence-electron chi connectivity index (χ4n) is 1.20. The molecule has 1 rings (SSSR count). The van der Waals surface area contributed by atoms with Gasteiger partial charge in [0.1, 0.15) is 0 Å². The molecule has 0 bridgehead atoms. The van der Waals surface area contributed by atoms with Crippen molar-refractivity contribution in [1.82, 2.24) is 0 Å². The minimum absolute atomic E-state index is 0. The Morgan fingerprint density at radius 3 is 2.53 bits per heavy atom. The summed E-state index contributed by atoms with van der Waals surface area (Å²) in [6, 6.07) is 7.57. The van der Waals surface area contributed by atoms with Crippen molar-refractivity contribution in [2.75, 3.05) is 6.54 Å². The van der Waals surface area contributed by atoms with E-state index in [2.05, 4.69) is 15.9 Å². The first-order valence-corrected chi connectivity index (χ1v) is 5.10. The number of hydrogen-bond acceptors (Lipinski definition) is 2. The Morgan fingerprint density at radius 2 is 2.07 bits per heavy atom. The first-order valence-electron chi connectivity index (χ1n) is 4.31. The predicted molar refractivity (Wildman–Crippen MR) is 65.3 cm³/mol. The molecule has 0 unspecified atom stereocenters. The van der Waals surface area contributed by atoms with E-state index >= 15 is 0 Å². The van der Waals surface area contributed by atoms with Crippen LogP contribution in [-0.2, 0) is 11.2 Å². The van der Waals surface area contributed by atoms with Crippen LogP contribution in [0.25, 0.3) is 0 Å². The van der Waals surface area contributed by atoms with E-state index in [9.17, 15) is 4.79 Å². The van der Waals surface area contributed by atoms with E-state index in [1.807, 2.05) is 24.3 Å². The number of halogens is 2. The molecule has 0 amide bonds. The maximum absolute atomic E-state index is 10.8. The molecule has 0 spiro atoms. The summed E-state index contributed by atoms with van der Waals surface area (Å²) in [6.07, 6.45) is 0.466. The third-order valence-corrected chi connectivity index (χ3v) is 2.83. The van der Waals surface area contributed by atoms with Gasteiger partial charge in [-0.25, -0.2) is 0 Å². The largest absolute Gasteiger partial charge is 0.481 e. The molecule has 0 aliphatic carbocycles. The number of carboxylic acids is 1. The van der Waals surface area contributed by atoms with Crippen molar-refractivity contribution in [3.63, 3.8) is 0 Å². The normalized spacial score (nSPS) is 11.6. The van der Waals surface area contributed by atoms with Crippen molar-refractivity contribution in [3.8, 4) is 0 Å². The zero-order valence-electron chi connectivity index (χ0n) is 8.02. The van der Waals surface area contributed by atoms with E-state index in [1.54, 1.807) is 0 Å². The molecule has 1 atom stereocenters. The topological polar surface area (TPSA) is 63.3 Å². The van der Waals surface area contributed by atoms with Crippen LogP contribution in [0.5, 0.6) is 0 Å². The maximum Gasteiger partial charge on any atom is 0.308 e. The Labute approximate surface area is 103 Å². The average Bonchev–Trinajstić information content (AvgIpc) is 2.16. The fourth-order valence-corrected chi connectivity index (χ4v) is 1.65. The van der Waals surface area contributed by atoms with Crippen LogP contribution in [0.3, 0.4) is 0 Å². The molecule has 3 nitrogen and oxygen atoms in total. The third-order valence-electron chi connectivity index (χ3n) is 2.06. The number of carbonyl (C=O) groups is 1. The molecule has 0 aliphatic heterocycles. The Kier molecular flexibility index (Phi) is 6.56. The van der Waals surface area contributed by atoms with E-state index in [4.69, 9.17) is 10.8 Å². The van der Waals surface area contributed by atoms with Gasteiger partial charge in [-0.15, -0.1) is 12.4 Å². The summed E-state index contributed by atoms with van der Waals surface area (Å²) in [4.78, 5) is 10.8. The number of rotatable bonds is 4. The number of benzene rings is 1. The van der Waals surface area contributed by atoms with Crippen LogP contribution in [0, 0.1) is 5.92 Å². The summed E-state index contributed by atoms with van der Waals surface area (Å²) in [5.41, 5.74) is 6.35. The van der Waals surface area contributed by atoms with E-state index in [0.29, 0.717) is 6.42 Å². The molecule has 0 radical (unpaired) electrons. The zero-order chi connectivity index (χ0) is 10.6. The van der Waals surface area contributed by atoms with Gasteiger partial charge in [-0.05, 0) is 18.1 Å². The summed E-state index contributed by atoms with van der Waals surface area (Å²) < 4.78 is 0.930. The van der Waals surface area contributed by atoms with Gasteiger partial charge in [-0.2, -0.15) is 0 Å². The molecule has 0 heterocycles. The van der Waals surface area contributed by atoms with Crippen LogP contribution in [0.1, 0.15) is 5.56 Å². The Balaban J connectivity index is 0.00000196. The number of nitrogens with two attached hydrogens (primary N) is 1. The highest BCUT2D eigenvalue weighted by molar-refractivity contribution is 9.10. The van der Waals surface area contributed by atoms with E-state index in [1.165, 1.54) is 0 Å². The van der Waals surface area contributed by atoms with Crippen molar-refractivity contribution in [1.29, 1.82) is 0 Å². The van der Waals surface area contributed by atoms with Crippen molar-refractivity contribution in [2.24, 2.45) is 11.7 Å². The van der Waals surface area contributed by atoms with Crippen LogP contribution in [-0.4, -0.2) is 17.6 Å². The predicted octanol–water partition coefficient (Wildman–Crippen LogP) is 2.07. The Hall–Kier alpha value is -0.580. The molecule has 0 aromatic heterocycles. The van der Waals surface area contributed by atoms with E-state index in [0.717, 1.165) is 10.0 Å². The highest BCUT2D eigenvalue weighted by atomic mass is 79.9. The second kappa shape index (κ2) is 6.82. The average molecular weight is 295 g/mol. The quantitative estimate of drug-likeness (QED) is 0.893. The Bertz CT molecular complexity index is 333. The van der Waals surface area contributed by atoms with Gasteiger partial charge in [-0.3, -0.25) is 4.79 Å². The third kappa shape index (κ3) is 4.20. The second-order valence-electron chi connectivity index (χ2n) is 3.07.